The Labute approximate surface area is 123 Å². The van der Waals surface area contributed by atoms with Gasteiger partial charge in [0, 0.05) is 6.61 Å². The van der Waals surface area contributed by atoms with E-state index in [4.69, 9.17) is 5.11 Å². The molecule has 0 aliphatic heterocycles. The number of hydrogen-bond donors (Lipinski definition) is 2. The van der Waals surface area contributed by atoms with Gasteiger partial charge < -0.3 is 10.4 Å². The van der Waals surface area contributed by atoms with Crippen molar-refractivity contribution in [2.45, 2.75) is 19.4 Å². The van der Waals surface area contributed by atoms with E-state index in [2.05, 4.69) is 5.32 Å². The fourth-order valence-electron chi connectivity index (χ4n) is 2.18. The molecule has 2 aromatic carbocycles. The van der Waals surface area contributed by atoms with Crippen LogP contribution in [0.5, 0.6) is 0 Å². The van der Waals surface area contributed by atoms with Crippen molar-refractivity contribution in [2.24, 2.45) is 0 Å². The third kappa shape index (κ3) is 3.89. The van der Waals surface area contributed by atoms with Crippen molar-refractivity contribution in [3.63, 3.8) is 0 Å². The fraction of sp³-hybridized carbons (Fsp3) is 0.235. The molecule has 0 aliphatic rings. The summed E-state index contributed by atoms with van der Waals surface area (Å²) in [4.78, 5) is 12.2. The first-order chi connectivity index (χ1) is 10.1. The molecular formula is C17H18FNO2. The second-order valence-corrected chi connectivity index (χ2v) is 4.93. The highest BCUT2D eigenvalue weighted by atomic mass is 19.1. The molecule has 0 radical (unpaired) electrons. The van der Waals surface area contributed by atoms with Crippen LogP contribution in [0.2, 0.25) is 0 Å². The summed E-state index contributed by atoms with van der Waals surface area (Å²) >= 11 is 0. The quantitative estimate of drug-likeness (QED) is 0.888. The number of carbonyl (C=O) groups excluding carboxylic acids is 1. The van der Waals surface area contributed by atoms with E-state index in [1.807, 2.05) is 30.3 Å². The van der Waals surface area contributed by atoms with Crippen LogP contribution in [0.3, 0.4) is 0 Å². The molecule has 2 N–H and O–H groups in total. The first kappa shape index (κ1) is 15.2. The van der Waals surface area contributed by atoms with Gasteiger partial charge in [-0.05, 0) is 36.6 Å². The van der Waals surface area contributed by atoms with Crippen LogP contribution in [0.4, 0.5) is 4.39 Å². The summed E-state index contributed by atoms with van der Waals surface area (Å²) < 4.78 is 13.8. The van der Waals surface area contributed by atoms with Crippen molar-refractivity contribution < 1.29 is 14.3 Å². The number of aryl methyl sites for hydroxylation is 1. The number of amides is 1. The normalized spacial score (nSPS) is 12.0. The summed E-state index contributed by atoms with van der Waals surface area (Å²) in [5.41, 5.74) is 1.66. The zero-order chi connectivity index (χ0) is 15.2. The third-order valence-corrected chi connectivity index (χ3v) is 3.29. The van der Waals surface area contributed by atoms with E-state index in [0.717, 1.165) is 11.1 Å². The Hall–Kier alpha value is -2.20. The summed E-state index contributed by atoms with van der Waals surface area (Å²) in [7, 11) is 0. The molecule has 0 saturated carbocycles. The van der Waals surface area contributed by atoms with Gasteiger partial charge >= 0.3 is 0 Å². The molecule has 110 valence electrons. The van der Waals surface area contributed by atoms with Crippen molar-refractivity contribution in [3.8, 4) is 0 Å². The largest absolute Gasteiger partial charge is 0.396 e. The zero-order valence-electron chi connectivity index (χ0n) is 11.8. The maximum atomic E-state index is 13.8. The van der Waals surface area contributed by atoms with Crippen LogP contribution in [-0.2, 0) is 0 Å². The lowest BCUT2D eigenvalue weighted by Gasteiger charge is -2.18. The summed E-state index contributed by atoms with van der Waals surface area (Å²) in [5.74, 6) is -1.02. The predicted octanol–water partition coefficient (Wildman–Crippen LogP) is 2.99. The molecule has 1 atom stereocenters. The maximum absolute atomic E-state index is 13.8. The minimum atomic E-state index is -0.539. The second kappa shape index (κ2) is 6.99. The monoisotopic (exact) mass is 287 g/mol. The molecule has 0 saturated heterocycles. The summed E-state index contributed by atoms with van der Waals surface area (Å²) in [5, 5.41) is 11.9. The van der Waals surface area contributed by atoms with Crippen LogP contribution in [0, 0.1) is 12.7 Å². The summed E-state index contributed by atoms with van der Waals surface area (Å²) in [6, 6.07) is 13.5. The number of rotatable bonds is 5. The molecule has 1 amide bonds. The van der Waals surface area contributed by atoms with Crippen LogP contribution in [-0.4, -0.2) is 17.6 Å². The number of halogens is 1. The van der Waals surface area contributed by atoms with Gasteiger partial charge in [-0.2, -0.15) is 0 Å². The molecule has 0 aromatic heterocycles. The Kier molecular flexibility index (Phi) is 5.06. The van der Waals surface area contributed by atoms with Gasteiger partial charge in [0.2, 0.25) is 0 Å². The molecule has 0 spiro atoms. The van der Waals surface area contributed by atoms with E-state index in [9.17, 15) is 9.18 Å². The highest BCUT2D eigenvalue weighted by Gasteiger charge is 2.17. The topological polar surface area (TPSA) is 49.3 Å². The van der Waals surface area contributed by atoms with Crippen molar-refractivity contribution in [1.82, 2.24) is 5.32 Å². The van der Waals surface area contributed by atoms with Crippen LogP contribution in [0.25, 0.3) is 0 Å². The molecule has 21 heavy (non-hydrogen) atoms. The van der Waals surface area contributed by atoms with Gasteiger partial charge in [-0.3, -0.25) is 4.79 Å². The van der Waals surface area contributed by atoms with Crippen molar-refractivity contribution in [1.29, 1.82) is 0 Å². The van der Waals surface area contributed by atoms with Gasteiger partial charge in [-0.25, -0.2) is 4.39 Å². The minimum Gasteiger partial charge on any atom is -0.396 e. The van der Waals surface area contributed by atoms with E-state index in [-0.39, 0.29) is 18.2 Å². The van der Waals surface area contributed by atoms with Gasteiger partial charge in [0.25, 0.3) is 5.91 Å². The molecule has 4 heteroatoms. The van der Waals surface area contributed by atoms with Crippen molar-refractivity contribution in [2.75, 3.05) is 6.61 Å². The molecule has 0 heterocycles. The SMILES string of the molecule is Cc1ccc(C(=O)NC(CCO)c2ccccc2)c(F)c1. The van der Waals surface area contributed by atoms with E-state index in [1.54, 1.807) is 13.0 Å². The molecule has 0 aliphatic carbocycles. The minimum absolute atomic E-state index is 0.0134. The van der Waals surface area contributed by atoms with Crippen LogP contribution in [0.15, 0.2) is 48.5 Å². The number of aliphatic hydroxyl groups excluding tert-OH is 1. The smallest absolute Gasteiger partial charge is 0.254 e. The molecule has 2 aromatic rings. The lowest BCUT2D eigenvalue weighted by molar-refractivity contribution is 0.0926. The summed E-state index contributed by atoms with van der Waals surface area (Å²) in [6.45, 7) is 1.71. The first-order valence-corrected chi connectivity index (χ1v) is 6.84. The Morgan fingerprint density at radius 3 is 2.57 bits per heavy atom. The average Bonchev–Trinajstić information content (AvgIpc) is 2.47. The third-order valence-electron chi connectivity index (χ3n) is 3.29. The van der Waals surface area contributed by atoms with E-state index in [1.165, 1.54) is 12.1 Å². The Morgan fingerprint density at radius 2 is 1.95 bits per heavy atom. The lowest BCUT2D eigenvalue weighted by atomic mass is 10.0. The standard InChI is InChI=1S/C17H18FNO2/c1-12-7-8-14(15(18)11-12)17(21)19-16(9-10-20)13-5-3-2-4-6-13/h2-8,11,16,20H,9-10H2,1H3,(H,19,21). The van der Waals surface area contributed by atoms with Crippen LogP contribution < -0.4 is 5.32 Å². The predicted molar refractivity (Wildman–Crippen MR) is 79.5 cm³/mol. The average molecular weight is 287 g/mol. The second-order valence-electron chi connectivity index (χ2n) is 4.93. The van der Waals surface area contributed by atoms with Crippen LogP contribution in [0.1, 0.15) is 33.9 Å². The Balaban J connectivity index is 2.18. The first-order valence-electron chi connectivity index (χ1n) is 6.84. The Morgan fingerprint density at radius 1 is 1.24 bits per heavy atom. The molecular weight excluding hydrogens is 269 g/mol. The van der Waals surface area contributed by atoms with E-state index in [0.29, 0.717) is 6.42 Å². The van der Waals surface area contributed by atoms with Crippen molar-refractivity contribution in [3.05, 3.63) is 71.0 Å². The van der Waals surface area contributed by atoms with Gasteiger partial charge in [-0.1, -0.05) is 36.4 Å². The number of benzene rings is 2. The maximum Gasteiger partial charge on any atom is 0.254 e. The van der Waals surface area contributed by atoms with Gasteiger partial charge in [-0.15, -0.1) is 0 Å². The van der Waals surface area contributed by atoms with Gasteiger partial charge in [0.15, 0.2) is 0 Å². The molecule has 0 fully saturated rings. The van der Waals surface area contributed by atoms with Gasteiger partial charge in [0.1, 0.15) is 5.82 Å². The Bertz CT molecular complexity index is 613. The van der Waals surface area contributed by atoms with E-state index < -0.39 is 11.7 Å². The molecule has 3 nitrogen and oxygen atoms in total. The van der Waals surface area contributed by atoms with Crippen LogP contribution >= 0.6 is 0 Å². The van der Waals surface area contributed by atoms with Crippen molar-refractivity contribution >= 4 is 5.91 Å². The number of aliphatic hydroxyl groups is 1. The highest BCUT2D eigenvalue weighted by Crippen LogP contribution is 2.18. The number of carbonyl (C=O) groups is 1. The fourth-order valence-corrected chi connectivity index (χ4v) is 2.18. The number of nitrogens with one attached hydrogen (secondary N) is 1. The summed E-state index contributed by atoms with van der Waals surface area (Å²) in [6.07, 6.45) is 0.378. The van der Waals surface area contributed by atoms with E-state index >= 15 is 0 Å². The zero-order valence-corrected chi connectivity index (χ0v) is 11.8. The van der Waals surface area contributed by atoms with Gasteiger partial charge in [0.05, 0.1) is 11.6 Å². The lowest BCUT2D eigenvalue weighted by Crippen LogP contribution is -2.29. The number of hydrogen-bond acceptors (Lipinski definition) is 2. The molecule has 1 unspecified atom stereocenters. The molecule has 0 bridgehead atoms. The highest BCUT2D eigenvalue weighted by molar-refractivity contribution is 5.94. The molecule has 2 rings (SSSR count).